The molecule has 1 saturated heterocycles. The molecule has 4 aromatic rings. The predicted molar refractivity (Wildman–Crippen MR) is 198 cm³/mol. The van der Waals surface area contributed by atoms with E-state index >= 15 is 0 Å². The molecule has 0 radical (unpaired) electrons. The number of rotatable bonds is 7. The first-order chi connectivity index (χ1) is 26.0. The fourth-order valence-electron chi connectivity index (χ4n) is 7.55. The first kappa shape index (κ1) is 36.0. The summed E-state index contributed by atoms with van der Waals surface area (Å²) >= 11 is 1.00. The smallest absolute Gasteiger partial charge is 0.263 e. The minimum atomic E-state index is -3.91. The van der Waals surface area contributed by atoms with Gasteiger partial charge in [-0.05, 0) is 85.8 Å². The Morgan fingerprint density at radius 1 is 1.02 bits per heavy atom. The summed E-state index contributed by atoms with van der Waals surface area (Å²) in [6, 6.07) is 11.0. The van der Waals surface area contributed by atoms with Gasteiger partial charge in [-0.2, -0.15) is 0 Å². The molecule has 3 fully saturated rings. The van der Waals surface area contributed by atoms with E-state index < -0.39 is 74.4 Å². The Balaban J connectivity index is 1.13. The van der Waals surface area contributed by atoms with E-state index in [0.717, 1.165) is 29.8 Å². The average molecular weight is 775 g/mol. The molecule has 0 bridgehead atoms. The number of sulfonamides is 1. The molecule has 4 aliphatic rings. The van der Waals surface area contributed by atoms with Crippen molar-refractivity contribution in [3.63, 3.8) is 0 Å². The number of allylic oxidation sites excluding steroid dienone is 1. The van der Waals surface area contributed by atoms with Gasteiger partial charge in [0.15, 0.2) is 0 Å². The van der Waals surface area contributed by atoms with Crippen LogP contribution in [0.5, 0.6) is 5.88 Å². The van der Waals surface area contributed by atoms with Crippen LogP contribution in [0.1, 0.15) is 67.5 Å². The van der Waals surface area contributed by atoms with Crippen LogP contribution < -0.4 is 20.1 Å². The highest BCUT2D eigenvalue weighted by Crippen LogP contribution is 2.46. The molecule has 2 aliphatic heterocycles. The Hall–Kier alpha value is -4.96. The number of aromatic nitrogens is 2. The molecule has 2 aliphatic carbocycles. The molecule has 5 atom stereocenters. The molecule has 2 aromatic carbocycles. The van der Waals surface area contributed by atoms with Crippen LogP contribution in [0.15, 0.2) is 66.9 Å². The van der Waals surface area contributed by atoms with Crippen LogP contribution in [0, 0.1) is 11.7 Å². The zero-order valence-corrected chi connectivity index (χ0v) is 30.8. The summed E-state index contributed by atoms with van der Waals surface area (Å²) in [6.07, 6.45) is 8.81. The maximum atomic E-state index is 14.5. The fraction of sp³-hybridized carbons (Fsp3) is 0.421. The summed E-state index contributed by atoms with van der Waals surface area (Å²) < 4.78 is 52.9. The first-order valence-corrected chi connectivity index (χ1v) is 20.6. The van der Waals surface area contributed by atoms with Crippen LogP contribution in [0.4, 0.5) is 4.39 Å². The van der Waals surface area contributed by atoms with E-state index in [2.05, 4.69) is 19.7 Å². The third kappa shape index (κ3) is 7.16. The second-order valence-corrected chi connectivity index (χ2v) is 17.3. The lowest BCUT2D eigenvalue weighted by atomic mass is 10.0. The average Bonchev–Trinajstić information content (AvgIpc) is 4.01. The van der Waals surface area contributed by atoms with Gasteiger partial charge < -0.3 is 20.3 Å². The number of hydrogen-bond acceptors (Lipinski definition) is 10. The maximum Gasteiger partial charge on any atom is 0.263 e. The number of benzene rings is 2. The number of nitrogens with one attached hydrogen (secondary N) is 3. The van der Waals surface area contributed by atoms with E-state index in [-0.39, 0.29) is 25.3 Å². The van der Waals surface area contributed by atoms with Gasteiger partial charge >= 0.3 is 0 Å². The Morgan fingerprint density at radius 2 is 1.85 bits per heavy atom. The van der Waals surface area contributed by atoms with Crippen LogP contribution >= 0.6 is 11.5 Å². The second kappa shape index (κ2) is 14.4. The van der Waals surface area contributed by atoms with Crippen LogP contribution in [0.3, 0.4) is 0 Å². The first-order valence-electron chi connectivity index (χ1n) is 18.2. The van der Waals surface area contributed by atoms with Crippen molar-refractivity contribution in [3.05, 3.63) is 77.6 Å². The SMILES string of the molecule is O=C(N[C@H]1CCCCC/C=C\[C@@H]2C[C@@]2(C(=O)NS(=O)(=O)C2CC2)NC(=O)[C@@H]2C[C@@H](Oc3nc4ccccc4c4cc(F)ccc34)CN2C1=O)c1ccns1. The molecular formula is C38H39FN6O7S2. The fourth-order valence-corrected chi connectivity index (χ4v) is 9.41. The van der Waals surface area contributed by atoms with Gasteiger partial charge in [0.1, 0.15) is 34.4 Å². The molecule has 2 aromatic heterocycles. The Kier molecular flexibility index (Phi) is 9.58. The molecule has 0 spiro atoms. The molecular weight excluding hydrogens is 736 g/mol. The molecule has 2 saturated carbocycles. The summed E-state index contributed by atoms with van der Waals surface area (Å²) in [4.78, 5) is 62.4. The highest BCUT2D eigenvalue weighted by Gasteiger charge is 2.62. The van der Waals surface area contributed by atoms with Gasteiger partial charge in [0.05, 0.1) is 17.3 Å². The van der Waals surface area contributed by atoms with Crippen molar-refractivity contribution in [1.82, 2.24) is 29.6 Å². The quantitative estimate of drug-likeness (QED) is 0.184. The molecule has 4 amide bonds. The molecule has 0 unspecified atom stereocenters. The molecule has 4 heterocycles. The van der Waals surface area contributed by atoms with E-state index in [4.69, 9.17) is 9.72 Å². The third-order valence-electron chi connectivity index (χ3n) is 10.7. The van der Waals surface area contributed by atoms with Gasteiger partial charge in [-0.3, -0.25) is 23.9 Å². The van der Waals surface area contributed by atoms with Crippen molar-refractivity contribution in [3.8, 4) is 5.88 Å². The second-order valence-electron chi connectivity index (χ2n) is 14.5. The highest BCUT2D eigenvalue weighted by atomic mass is 32.2. The van der Waals surface area contributed by atoms with Crippen molar-refractivity contribution in [2.24, 2.45) is 5.92 Å². The summed E-state index contributed by atoms with van der Waals surface area (Å²) in [7, 11) is -3.91. The van der Waals surface area contributed by atoms with Gasteiger partial charge in [0.2, 0.25) is 27.7 Å². The maximum absolute atomic E-state index is 14.5. The highest BCUT2D eigenvalue weighted by molar-refractivity contribution is 7.91. The number of amides is 4. The zero-order valence-electron chi connectivity index (χ0n) is 29.2. The van der Waals surface area contributed by atoms with E-state index in [1.165, 1.54) is 23.2 Å². The molecule has 16 heteroatoms. The predicted octanol–water partition coefficient (Wildman–Crippen LogP) is 4.13. The van der Waals surface area contributed by atoms with Gasteiger partial charge in [-0.25, -0.2) is 22.2 Å². The van der Waals surface area contributed by atoms with E-state index in [9.17, 15) is 32.0 Å². The van der Waals surface area contributed by atoms with Gasteiger partial charge in [-0.1, -0.05) is 43.2 Å². The Labute approximate surface area is 314 Å². The molecule has 8 rings (SSSR count). The number of nitrogens with zero attached hydrogens (tertiary/aromatic N) is 3. The number of halogens is 1. The Bertz CT molecular complexity index is 2280. The van der Waals surface area contributed by atoms with Crippen molar-refractivity contribution in [1.29, 1.82) is 0 Å². The van der Waals surface area contributed by atoms with Crippen molar-refractivity contribution in [2.75, 3.05) is 6.54 Å². The zero-order chi connectivity index (χ0) is 37.6. The summed E-state index contributed by atoms with van der Waals surface area (Å²) in [6.45, 7) is -0.0559. The minimum absolute atomic E-state index is 0.00283. The normalized spacial score (nSPS) is 26.9. The van der Waals surface area contributed by atoms with Crippen LogP contribution in [-0.4, -0.2) is 81.8 Å². The largest absolute Gasteiger partial charge is 0.472 e. The topological polar surface area (TPSA) is 177 Å². The lowest BCUT2D eigenvalue weighted by Crippen LogP contribution is -2.58. The number of carbonyl (C=O) groups is 4. The monoisotopic (exact) mass is 774 g/mol. The van der Waals surface area contributed by atoms with Crippen LogP contribution in [-0.2, 0) is 24.4 Å². The summed E-state index contributed by atoms with van der Waals surface area (Å²) in [5, 5.41) is 6.95. The standard InChI is InChI=1S/C38H39FN6O7S2/c39-23-12-15-27-28(18-23)26-9-6-7-10-29(26)42-35(27)52-24-19-31-33(46)43-38(37(49)44-54(50,51)25-13-14-25)20-22(38)8-4-2-1-3-5-11-30(36(48)45(31)21-24)41-34(47)32-16-17-40-53-32/h4,6-10,12,15-18,22,24-25,30-31H,1-3,5,11,13-14,19-21H2,(H,41,47)(H,43,46)(H,44,49)/b8-4-/t22-,24-,30+,31+,38-/m1/s1. The number of fused-ring (bicyclic) bond motifs is 5. The van der Waals surface area contributed by atoms with Gasteiger partial charge in [0, 0.05) is 29.3 Å². The number of ether oxygens (including phenoxy) is 1. The number of para-hydroxylation sites is 1. The number of pyridine rings is 1. The third-order valence-corrected chi connectivity index (χ3v) is 13.3. The van der Waals surface area contributed by atoms with E-state index in [1.807, 2.05) is 30.4 Å². The van der Waals surface area contributed by atoms with Crippen molar-refractivity contribution in [2.45, 2.75) is 86.8 Å². The van der Waals surface area contributed by atoms with Crippen LogP contribution in [0.2, 0.25) is 0 Å². The lowest BCUT2D eigenvalue weighted by Gasteiger charge is -2.29. The van der Waals surface area contributed by atoms with E-state index in [1.54, 1.807) is 18.2 Å². The molecule has 54 heavy (non-hydrogen) atoms. The Morgan fingerprint density at radius 3 is 2.65 bits per heavy atom. The van der Waals surface area contributed by atoms with E-state index in [0.29, 0.717) is 53.3 Å². The van der Waals surface area contributed by atoms with Crippen molar-refractivity contribution >= 4 is 66.9 Å². The minimum Gasteiger partial charge on any atom is -0.472 e. The molecule has 3 N–H and O–H groups in total. The lowest BCUT2D eigenvalue weighted by molar-refractivity contribution is -0.141. The number of carbonyl (C=O) groups excluding carboxylic acids is 4. The van der Waals surface area contributed by atoms with Crippen molar-refractivity contribution < 1.29 is 36.7 Å². The molecule has 13 nitrogen and oxygen atoms in total. The van der Waals surface area contributed by atoms with Gasteiger partial charge in [0.25, 0.3) is 11.8 Å². The van der Waals surface area contributed by atoms with Gasteiger partial charge in [-0.15, -0.1) is 0 Å². The summed E-state index contributed by atoms with van der Waals surface area (Å²) in [5.74, 6) is -3.08. The summed E-state index contributed by atoms with van der Waals surface area (Å²) in [5.41, 5.74) is -0.955. The number of hydrogen-bond donors (Lipinski definition) is 3. The molecule has 282 valence electrons. The van der Waals surface area contributed by atoms with Crippen LogP contribution in [0.25, 0.3) is 21.7 Å².